The van der Waals surface area contributed by atoms with E-state index >= 15 is 0 Å². The lowest BCUT2D eigenvalue weighted by atomic mass is 10.1. The fourth-order valence-electron chi connectivity index (χ4n) is 4.62. The number of nitrogens with one attached hydrogen (secondary N) is 1. The lowest BCUT2D eigenvalue weighted by molar-refractivity contribution is -0.133. The van der Waals surface area contributed by atoms with E-state index in [9.17, 15) is 9.59 Å². The molecule has 0 radical (unpaired) electrons. The molecule has 0 atom stereocenters. The zero-order chi connectivity index (χ0) is 25.6. The summed E-state index contributed by atoms with van der Waals surface area (Å²) in [7, 11) is 1.62. The number of carbonyl (C=O) groups is 2. The summed E-state index contributed by atoms with van der Waals surface area (Å²) >= 11 is 0. The largest absolute Gasteiger partial charge is 0.497 e. The standard InChI is InChI=1S/C30H30N4O3/c1-37-26-14-8-12-24(18-26)29-27(21-34(32-29)20-22-9-3-2-4-10-22)30(36)31-25-13-7-11-23(17-25)19-33-16-6-5-15-28(33)35/h2-4,7-14,17-18,21H,5-6,15-16,19-20H2,1H3,(H,31,36). The average Bonchev–Trinajstić information content (AvgIpc) is 3.35. The third kappa shape index (κ3) is 5.89. The Kier molecular flexibility index (Phi) is 7.31. The van der Waals surface area contributed by atoms with Crippen LogP contribution >= 0.6 is 0 Å². The maximum absolute atomic E-state index is 13.5. The van der Waals surface area contributed by atoms with Gasteiger partial charge in [0.1, 0.15) is 11.4 Å². The Balaban J connectivity index is 1.41. The van der Waals surface area contributed by atoms with Crippen molar-refractivity contribution in [3.8, 4) is 17.0 Å². The van der Waals surface area contributed by atoms with Gasteiger partial charge in [0.15, 0.2) is 0 Å². The van der Waals surface area contributed by atoms with Gasteiger partial charge in [-0.05, 0) is 48.2 Å². The van der Waals surface area contributed by atoms with Crippen LogP contribution in [-0.4, -0.2) is 40.1 Å². The summed E-state index contributed by atoms with van der Waals surface area (Å²) in [5.41, 5.74) is 4.62. The normalized spacial score (nSPS) is 13.4. The molecular formula is C30H30N4O3. The lowest BCUT2D eigenvalue weighted by Crippen LogP contribution is -2.34. The van der Waals surface area contributed by atoms with E-state index in [1.165, 1.54) is 0 Å². The molecule has 7 nitrogen and oxygen atoms in total. The molecule has 0 unspecified atom stereocenters. The maximum atomic E-state index is 13.5. The maximum Gasteiger partial charge on any atom is 0.259 e. The molecule has 2 amide bonds. The van der Waals surface area contributed by atoms with Gasteiger partial charge in [0.05, 0.1) is 19.2 Å². The van der Waals surface area contributed by atoms with Gasteiger partial charge in [0.25, 0.3) is 5.91 Å². The molecule has 2 heterocycles. The molecule has 0 bridgehead atoms. The number of benzene rings is 3. The lowest BCUT2D eigenvalue weighted by Gasteiger charge is -2.26. The van der Waals surface area contributed by atoms with Crippen LogP contribution in [0.5, 0.6) is 5.75 Å². The fourth-order valence-corrected chi connectivity index (χ4v) is 4.62. The predicted octanol–water partition coefficient (Wildman–Crippen LogP) is 5.37. The molecule has 188 valence electrons. The van der Waals surface area contributed by atoms with Crippen LogP contribution in [0.25, 0.3) is 11.3 Å². The molecule has 0 aliphatic carbocycles. The fraction of sp³-hybridized carbons (Fsp3) is 0.233. The second-order valence-corrected chi connectivity index (χ2v) is 9.23. The van der Waals surface area contributed by atoms with E-state index in [1.807, 2.05) is 83.8 Å². The Morgan fingerprint density at radius 1 is 0.946 bits per heavy atom. The van der Waals surface area contributed by atoms with Gasteiger partial charge in [-0.3, -0.25) is 14.3 Å². The molecule has 4 aromatic rings. The molecule has 0 spiro atoms. The molecule has 1 aliphatic rings. The van der Waals surface area contributed by atoms with Crippen LogP contribution in [0.2, 0.25) is 0 Å². The second kappa shape index (κ2) is 11.1. The zero-order valence-corrected chi connectivity index (χ0v) is 20.9. The number of hydrogen-bond donors (Lipinski definition) is 1. The molecule has 1 aliphatic heterocycles. The summed E-state index contributed by atoms with van der Waals surface area (Å²) in [4.78, 5) is 27.6. The van der Waals surface area contributed by atoms with Crippen LogP contribution in [0.15, 0.2) is 85.1 Å². The van der Waals surface area contributed by atoms with Gasteiger partial charge in [-0.1, -0.05) is 54.6 Å². The smallest absolute Gasteiger partial charge is 0.259 e. The topological polar surface area (TPSA) is 76.5 Å². The first-order chi connectivity index (χ1) is 18.1. The second-order valence-electron chi connectivity index (χ2n) is 9.23. The van der Waals surface area contributed by atoms with E-state index in [1.54, 1.807) is 18.0 Å². The molecule has 3 aromatic carbocycles. The summed E-state index contributed by atoms with van der Waals surface area (Å²) in [5, 5.41) is 7.81. The monoisotopic (exact) mass is 494 g/mol. The minimum absolute atomic E-state index is 0.189. The highest BCUT2D eigenvalue weighted by atomic mass is 16.5. The molecule has 0 saturated carbocycles. The number of anilines is 1. The van der Waals surface area contributed by atoms with Gasteiger partial charge >= 0.3 is 0 Å². The van der Waals surface area contributed by atoms with Crippen molar-refractivity contribution in [3.63, 3.8) is 0 Å². The summed E-state index contributed by atoms with van der Waals surface area (Å²) in [6.45, 7) is 1.87. The van der Waals surface area contributed by atoms with Gasteiger partial charge in [-0.2, -0.15) is 5.10 Å². The molecule has 1 aromatic heterocycles. The Hall–Kier alpha value is -4.39. The number of hydrogen-bond acceptors (Lipinski definition) is 4. The first kappa shape index (κ1) is 24.3. The van der Waals surface area contributed by atoms with E-state index in [4.69, 9.17) is 9.84 Å². The highest BCUT2D eigenvalue weighted by molar-refractivity contribution is 6.08. The molecule has 7 heteroatoms. The van der Waals surface area contributed by atoms with Crippen LogP contribution in [0.1, 0.15) is 40.7 Å². The minimum atomic E-state index is -0.247. The third-order valence-electron chi connectivity index (χ3n) is 6.52. The Morgan fingerprint density at radius 2 is 1.76 bits per heavy atom. The van der Waals surface area contributed by atoms with Gasteiger partial charge in [0.2, 0.25) is 5.91 Å². The van der Waals surface area contributed by atoms with Gasteiger partial charge < -0.3 is 15.0 Å². The molecule has 1 saturated heterocycles. The van der Waals surface area contributed by atoms with Gasteiger partial charge in [0, 0.05) is 37.0 Å². The van der Waals surface area contributed by atoms with E-state index < -0.39 is 0 Å². The summed E-state index contributed by atoms with van der Waals surface area (Å²) in [5.74, 6) is 0.638. The number of ether oxygens (including phenoxy) is 1. The van der Waals surface area contributed by atoms with Crippen LogP contribution in [0, 0.1) is 0 Å². The number of carbonyl (C=O) groups excluding carboxylic acids is 2. The molecule has 37 heavy (non-hydrogen) atoms. The number of nitrogens with zero attached hydrogens (tertiary/aromatic N) is 3. The van der Waals surface area contributed by atoms with Crippen LogP contribution in [-0.2, 0) is 17.9 Å². The van der Waals surface area contributed by atoms with E-state index in [0.717, 1.165) is 36.1 Å². The van der Waals surface area contributed by atoms with Crippen molar-refractivity contribution in [1.82, 2.24) is 14.7 Å². The average molecular weight is 495 g/mol. The first-order valence-electron chi connectivity index (χ1n) is 12.5. The number of amides is 2. The van der Waals surface area contributed by atoms with Crippen LogP contribution in [0.4, 0.5) is 5.69 Å². The Bertz CT molecular complexity index is 1400. The van der Waals surface area contributed by atoms with Crippen molar-refractivity contribution >= 4 is 17.5 Å². The van der Waals surface area contributed by atoms with E-state index in [0.29, 0.717) is 42.2 Å². The molecular weight excluding hydrogens is 464 g/mol. The number of piperidine rings is 1. The number of likely N-dealkylation sites (tertiary alicyclic amines) is 1. The van der Waals surface area contributed by atoms with Crippen molar-refractivity contribution in [1.29, 1.82) is 0 Å². The van der Waals surface area contributed by atoms with Crippen molar-refractivity contribution in [2.45, 2.75) is 32.4 Å². The number of aromatic nitrogens is 2. The van der Waals surface area contributed by atoms with Crippen molar-refractivity contribution in [2.75, 3.05) is 19.0 Å². The highest BCUT2D eigenvalue weighted by Crippen LogP contribution is 2.27. The SMILES string of the molecule is COc1cccc(-c2nn(Cc3ccccc3)cc2C(=O)Nc2cccc(CN3CCCCC3=O)c2)c1. The minimum Gasteiger partial charge on any atom is -0.497 e. The van der Waals surface area contributed by atoms with Crippen molar-refractivity contribution in [2.24, 2.45) is 0 Å². The van der Waals surface area contributed by atoms with Gasteiger partial charge in [-0.25, -0.2) is 0 Å². The van der Waals surface area contributed by atoms with E-state index in [2.05, 4.69) is 5.32 Å². The number of rotatable bonds is 8. The quantitative estimate of drug-likeness (QED) is 0.357. The summed E-state index contributed by atoms with van der Waals surface area (Å²) in [6.07, 6.45) is 4.38. The van der Waals surface area contributed by atoms with Crippen LogP contribution in [0.3, 0.4) is 0 Å². The van der Waals surface area contributed by atoms with Gasteiger partial charge in [-0.15, -0.1) is 0 Å². The Labute approximate surface area is 216 Å². The Morgan fingerprint density at radius 3 is 2.57 bits per heavy atom. The van der Waals surface area contributed by atoms with E-state index in [-0.39, 0.29) is 11.8 Å². The summed E-state index contributed by atoms with van der Waals surface area (Å²) < 4.78 is 7.18. The summed E-state index contributed by atoms with van der Waals surface area (Å²) in [6, 6.07) is 25.2. The molecule has 1 fully saturated rings. The molecule has 1 N–H and O–H groups in total. The number of methoxy groups -OCH3 is 1. The van der Waals surface area contributed by atoms with Crippen molar-refractivity contribution in [3.05, 3.63) is 102 Å². The van der Waals surface area contributed by atoms with Crippen LogP contribution < -0.4 is 10.1 Å². The van der Waals surface area contributed by atoms with Crippen molar-refractivity contribution < 1.29 is 14.3 Å². The highest BCUT2D eigenvalue weighted by Gasteiger charge is 2.20. The molecule has 5 rings (SSSR count). The first-order valence-corrected chi connectivity index (χ1v) is 12.5. The predicted molar refractivity (Wildman–Crippen MR) is 143 cm³/mol. The third-order valence-corrected chi connectivity index (χ3v) is 6.52. The zero-order valence-electron chi connectivity index (χ0n) is 20.9.